The van der Waals surface area contributed by atoms with Crippen molar-refractivity contribution >= 4 is 0 Å². The van der Waals surface area contributed by atoms with E-state index in [9.17, 15) is 5.26 Å². The van der Waals surface area contributed by atoms with E-state index in [1.54, 1.807) is 0 Å². The molecule has 1 saturated heterocycles. The maximum Gasteiger partial charge on any atom is 0.109 e. The predicted octanol–water partition coefficient (Wildman–Crippen LogP) is 2.53. The van der Waals surface area contributed by atoms with Crippen LogP contribution in [0.2, 0.25) is 0 Å². The third-order valence-electron chi connectivity index (χ3n) is 5.29. The van der Waals surface area contributed by atoms with Crippen LogP contribution in [-0.4, -0.2) is 36.1 Å². The molecule has 3 heteroatoms. The lowest BCUT2D eigenvalue weighted by Crippen LogP contribution is -2.47. The van der Waals surface area contributed by atoms with Gasteiger partial charge in [0.1, 0.15) is 5.54 Å². The van der Waals surface area contributed by atoms with Crippen molar-refractivity contribution in [2.75, 3.05) is 20.1 Å². The Morgan fingerprint density at radius 3 is 2.67 bits per heavy atom. The van der Waals surface area contributed by atoms with Gasteiger partial charge in [0.2, 0.25) is 0 Å². The van der Waals surface area contributed by atoms with E-state index in [4.69, 9.17) is 0 Å². The van der Waals surface area contributed by atoms with Gasteiger partial charge < -0.3 is 5.32 Å². The van der Waals surface area contributed by atoms with Crippen LogP contribution in [0.15, 0.2) is 0 Å². The molecule has 1 aliphatic heterocycles. The Bertz CT molecular complexity index is 331. The third-order valence-corrected chi connectivity index (χ3v) is 5.29. The molecule has 2 rings (SSSR count). The fraction of sp³-hybridized carbons (Fsp3) is 0.933. The van der Waals surface area contributed by atoms with Gasteiger partial charge in [0.05, 0.1) is 6.07 Å². The Morgan fingerprint density at radius 1 is 1.33 bits per heavy atom. The second kappa shape index (κ2) is 5.19. The largest absolute Gasteiger partial charge is 0.302 e. The average molecular weight is 249 g/mol. The number of nitriles is 1. The Labute approximate surface area is 112 Å². The van der Waals surface area contributed by atoms with Crippen LogP contribution in [0.3, 0.4) is 0 Å². The number of nitrogens with one attached hydrogen (secondary N) is 1. The highest BCUT2D eigenvalue weighted by molar-refractivity contribution is 5.13. The monoisotopic (exact) mass is 249 g/mol. The van der Waals surface area contributed by atoms with E-state index < -0.39 is 0 Å². The minimum absolute atomic E-state index is 0.246. The van der Waals surface area contributed by atoms with Crippen LogP contribution in [-0.2, 0) is 0 Å². The average Bonchev–Trinajstić information content (AvgIpc) is 2.90. The summed E-state index contributed by atoms with van der Waals surface area (Å²) in [6, 6.07) is 2.54. The van der Waals surface area contributed by atoms with Crippen molar-refractivity contribution in [2.45, 2.75) is 63.5 Å². The molecule has 2 atom stereocenters. The number of hydrogen-bond donors (Lipinski definition) is 1. The molecule has 2 aliphatic rings. The van der Waals surface area contributed by atoms with Gasteiger partial charge in [-0.15, -0.1) is 0 Å². The first-order chi connectivity index (χ1) is 8.54. The van der Waals surface area contributed by atoms with Crippen molar-refractivity contribution < 1.29 is 0 Å². The van der Waals surface area contributed by atoms with Crippen LogP contribution in [0, 0.1) is 17.2 Å². The number of likely N-dealkylation sites (tertiary alicyclic amines) is 1. The minimum Gasteiger partial charge on any atom is -0.302 e. The van der Waals surface area contributed by atoms with E-state index in [0.29, 0.717) is 11.5 Å². The highest BCUT2D eigenvalue weighted by Crippen LogP contribution is 2.38. The molecule has 0 amide bonds. The molecule has 1 N–H and O–H groups in total. The van der Waals surface area contributed by atoms with Crippen LogP contribution < -0.4 is 5.32 Å². The van der Waals surface area contributed by atoms with Gasteiger partial charge in [-0.25, -0.2) is 0 Å². The Hall–Kier alpha value is -0.590. The van der Waals surface area contributed by atoms with Gasteiger partial charge in [0, 0.05) is 5.54 Å². The number of nitrogens with zero attached hydrogens (tertiary/aromatic N) is 2. The quantitative estimate of drug-likeness (QED) is 0.832. The van der Waals surface area contributed by atoms with Crippen molar-refractivity contribution in [1.82, 2.24) is 10.2 Å². The van der Waals surface area contributed by atoms with E-state index in [0.717, 1.165) is 19.4 Å². The maximum absolute atomic E-state index is 9.46. The molecule has 0 radical (unpaired) electrons. The Balaban J connectivity index is 1.92. The van der Waals surface area contributed by atoms with Crippen molar-refractivity contribution in [2.24, 2.45) is 5.92 Å². The zero-order valence-electron chi connectivity index (χ0n) is 12.1. The van der Waals surface area contributed by atoms with E-state index >= 15 is 0 Å². The molecule has 0 bridgehead atoms. The number of hydrogen-bond acceptors (Lipinski definition) is 3. The van der Waals surface area contributed by atoms with E-state index in [1.165, 1.54) is 32.2 Å². The molecule has 2 fully saturated rings. The lowest BCUT2D eigenvalue weighted by Gasteiger charge is -2.34. The second-order valence-electron chi connectivity index (χ2n) is 6.61. The van der Waals surface area contributed by atoms with Gasteiger partial charge in [0.25, 0.3) is 0 Å². The van der Waals surface area contributed by atoms with Gasteiger partial charge >= 0.3 is 0 Å². The molecular weight excluding hydrogens is 222 g/mol. The van der Waals surface area contributed by atoms with Crippen molar-refractivity contribution in [3.8, 4) is 6.07 Å². The predicted molar refractivity (Wildman–Crippen MR) is 74.2 cm³/mol. The molecule has 2 unspecified atom stereocenters. The van der Waals surface area contributed by atoms with Gasteiger partial charge in [-0.3, -0.25) is 4.90 Å². The summed E-state index contributed by atoms with van der Waals surface area (Å²) in [6.45, 7) is 7.09. The van der Waals surface area contributed by atoms with Crippen LogP contribution in [0.1, 0.15) is 52.4 Å². The first kappa shape index (κ1) is 13.8. The molecule has 1 saturated carbocycles. The van der Waals surface area contributed by atoms with Crippen LogP contribution >= 0.6 is 0 Å². The summed E-state index contributed by atoms with van der Waals surface area (Å²) in [4.78, 5) is 2.61. The molecule has 0 aromatic heterocycles. The molecule has 18 heavy (non-hydrogen) atoms. The first-order valence-electron chi connectivity index (χ1n) is 7.39. The highest BCUT2D eigenvalue weighted by Gasteiger charge is 2.42. The molecule has 3 nitrogen and oxygen atoms in total. The summed E-state index contributed by atoms with van der Waals surface area (Å²) in [7, 11) is 1.95. The van der Waals surface area contributed by atoms with Crippen molar-refractivity contribution in [3.05, 3.63) is 0 Å². The zero-order valence-corrected chi connectivity index (χ0v) is 12.1. The highest BCUT2D eigenvalue weighted by atomic mass is 15.2. The summed E-state index contributed by atoms with van der Waals surface area (Å²) < 4.78 is 0. The summed E-state index contributed by atoms with van der Waals surface area (Å²) in [5, 5.41) is 12.7. The van der Waals surface area contributed by atoms with Crippen molar-refractivity contribution in [1.29, 1.82) is 5.26 Å². The molecule has 1 aliphatic carbocycles. The lowest BCUT2D eigenvalue weighted by molar-refractivity contribution is 0.154. The topological polar surface area (TPSA) is 39.1 Å². The maximum atomic E-state index is 9.46. The van der Waals surface area contributed by atoms with E-state index in [2.05, 4.69) is 30.1 Å². The number of rotatable bonds is 4. The summed E-state index contributed by atoms with van der Waals surface area (Å²) >= 11 is 0. The molecule has 1 heterocycles. The first-order valence-corrected chi connectivity index (χ1v) is 7.39. The standard InChI is InChI=1S/C15H27N3/c1-14(2)8-5-10-18(14)11-7-13-6-4-9-15(13,12-16)17-3/h13,17H,4-11H2,1-3H3. The molecule has 0 aromatic rings. The Kier molecular flexibility index (Phi) is 3.99. The summed E-state index contributed by atoms with van der Waals surface area (Å²) in [5.41, 5.74) is 0.122. The molecular formula is C15H27N3. The van der Waals surface area contributed by atoms with E-state index in [1.807, 2.05) is 7.05 Å². The Morgan fingerprint density at radius 2 is 2.11 bits per heavy atom. The van der Waals surface area contributed by atoms with Gasteiger partial charge in [-0.2, -0.15) is 5.26 Å². The molecule has 0 aromatic carbocycles. The molecule has 102 valence electrons. The van der Waals surface area contributed by atoms with Crippen molar-refractivity contribution in [3.63, 3.8) is 0 Å². The van der Waals surface area contributed by atoms with Gasteiger partial charge in [0.15, 0.2) is 0 Å². The van der Waals surface area contributed by atoms with Crippen LogP contribution in [0.4, 0.5) is 0 Å². The smallest absolute Gasteiger partial charge is 0.109 e. The zero-order chi connectivity index (χ0) is 13.2. The normalized spacial score (nSPS) is 35.8. The lowest BCUT2D eigenvalue weighted by atomic mass is 9.85. The summed E-state index contributed by atoms with van der Waals surface area (Å²) in [6.07, 6.45) is 7.23. The second-order valence-corrected chi connectivity index (χ2v) is 6.61. The fourth-order valence-electron chi connectivity index (χ4n) is 3.89. The van der Waals surface area contributed by atoms with Crippen LogP contribution in [0.25, 0.3) is 0 Å². The third kappa shape index (κ3) is 2.41. The van der Waals surface area contributed by atoms with Crippen LogP contribution in [0.5, 0.6) is 0 Å². The van der Waals surface area contributed by atoms with E-state index in [-0.39, 0.29) is 5.54 Å². The molecule has 0 spiro atoms. The SMILES string of the molecule is CNC1(C#N)CCCC1CCN1CCCC1(C)C. The van der Waals surface area contributed by atoms with Gasteiger partial charge in [-0.05, 0) is 72.0 Å². The van der Waals surface area contributed by atoms with Gasteiger partial charge in [-0.1, -0.05) is 6.42 Å². The fourth-order valence-corrected chi connectivity index (χ4v) is 3.89. The summed E-state index contributed by atoms with van der Waals surface area (Å²) in [5.74, 6) is 0.531. The minimum atomic E-state index is -0.246.